The first kappa shape index (κ1) is 18.9. The number of hydrogen-bond acceptors (Lipinski definition) is 4. The van der Waals surface area contributed by atoms with Gasteiger partial charge in [0.25, 0.3) is 0 Å². The second kappa shape index (κ2) is 7.05. The average Bonchev–Trinajstić information content (AvgIpc) is 3.16. The van der Waals surface area contributed by atoms with Gasteiger partial charge in [-0.05, 0) is 39.7 Å². The first-order valence-corrected chi connectivity index (χ1v) is 9.31. The normalized spacial score (nSPS) is 25.1. The van der Waals surface area contributed by atoms with Crippen molar-refractivity contribution >= 4 is 13.0 Å². The van der Waals surface area contributed by atoms with Crippen molar-refractivity contribution < 1.29 is 14.1 Å². The summed E-state index contributed by atoms with van der Waals surface area (Å²) in [5.74, 6) is -0.214. The number of likely N-dealkylation sites (tertiary alicyclic amines) is 1. The number of carbonyl (C=O) groups is 1. The molecule has 2 heterocycles. The van der Waals surface area contributed by atoms with Gasteiger partial charge < -0.3 is 14.2 Å². The summed E-state index contributed by atoms with van der Waals surface area (Å²) in [7, 11) is -0.288. The molecule has 2 fully saturated rings. The number of rotatable bonds is 4. The predicted molar refractivity (Wildman–Crippen MR) is 100 cm³/mol. The molecule has 5 nitrogen and oxygen atoms in total. The summed E-state index contributed by atoms with van der Waals surface area (Å²) in [6.45, 7) is 9.48. The van der Waals surface area contributed by atoms with Gasteiger partial charge in [-0.15, -0.1) is 0 Å². The van der Waals surface area contributed by atoms with Crippen LogP contribution in [0.3, 0.4) is 0 Å². The van der Waals surface area contributed by atoms with E-state index in [1.807, 2.05) is 62.9 Å². The number of nitrogens with zero attached hydrogens (tertiary/aromatic N) is 2. The Bertz CT molecular complexity index is 683. The lowest BCUT2D eigenvalue weighted by Crippen LogP contribution is -2.41. The maximum absolute atomic E-state index is 13.0. The van der Waals surface area contributed by atoms with E-state index in [9.17, 15) is 4.79 Å². The van der Waals surface area contributed by atoms with E-state index < -0.39 is 5.92 Å². The highest BCUT2D eigenvalue weighted by Crippen LogP contribution is 2.42. The Hall–Kier alpha value is -1.84. The number of carbonyl (C=O) groups excluding carboxylic acids is 1. The number of hydrogen-bond donors (Lipinski definition) is 0. The molecule has 0 saturated carbocycles. The van der Waals surface area contributed by atoms with Crippen LogP contribution in [-0.4, -0.2) is 42.2 Å². The summed E-state index contributed by atoms with van der Waals surface area (Å²) < 4.78 is 12.3. The molecule has 2 aliphatic heterocycles. The van der Waals surface area contributed by atoms with Crippen LogP contribution in [0, 0.1) is 11.3 Å². The van der Waals surface area contributed by atoms with E-state index in [0.29, 0.717) is 13.1 Å². The Morgan fingerprint density at radius 2 is 1.88 bits per heavy atom. The predicted octanol–water partition coefficient (Wildman–Crippen LogP) is 3.38. The van der Waals surface area contributed by atoms with Gasteiger partial charge in [-0.3, -0.25) is 4.79 Å². The minimum Gasteiger partial charge on any atom is -0.403 e. The van der Waals surface area contributed by atoms with Gasteiger partial charge in [0.2, 0.25) is 5.91 Å². The molecule has 0 radical (unpaired) electrons. The van der Waals surface area contributed by atoms with E-state index in [0.717, 1.165) is 12.0 Å². The average molecular weight is 354 g/mol. The molecule has 138 valence electrons. The van der Waals surface area contributed by atoms with E-state index in [-0.39, 0.29) is 36.5 Å². The Labute approximate surface area is 156 Å². The van der Waals surface area contributed by atoms with Gasteiger partial charge in [0.05, 0.1) is 29.6 Å². The minimum absolute atomic E-state index is 0.0248. The lowest BCUT2D eigenvalue weighted by atomic mass is 9.71. The van der Waals surface area contributed by atoms with Crippen molar-refractivity contribution in [3.63, 3.8) is 0 Å². The fourth-order valence-corrected chi connectivity index (χ4v) is 3.64. The summed E-state index contributed by atoms with van der Waals surface area (Å²) in [4.78, 5) is 14.9. The smallest absolute Gasteiger partial charge is 0.403 e. The van der Waals surface area contributed by atoms with E-state index in [4.69, 9.17) is 14.6 Å². The van der Waals surface area contributed by atoms with Crippen LogP contribution < -0.4 is 0 Å². The van der Waals surface area contributed by atoms with E-state index in [1.54, 1.807) is 0 Å². The molecule has 0 bridgehead atoms. The first-order chi connectivity index (χ1) is 12.2. The van der Waals surface area contributed by atoms with Crippen molar-refractivity contribution in [2.75, 3.05) is 13.1 Å². The number of nitriles is 1. The molecule has 0 aromatic heterocycles. The molecule has 2 unspecified atom stereocenters. The molecule has 2 saturated heterocycles. The van der Waals surface area contributed by atoms with Crippen molar-refractivity contribution in [1.82, 2.24) is 4.90 Å². The van der Waals surface area contributed by atoms with E-state index in [2.05, 4.69) is 6.07 Å². The van der Waals surface area contributed by atoms with Gasteiger partial charge in [0.1, 0.15) is 0 Å². The molecule has 2 aliphatic rings. The third kappa shape index (κ3) is 3.51. The molecule has 6 heteroatoms. The molecule has 1 amide bonds. The third-order valence-electron chi connectivity index (χ3n) is 5.99. The lowest BCUT2D eigenvalue weighted by Gasteiger charge is -2.32. The minimum atomic E-state index is -0.404. The van der Waals surface area contributed by atoms with Gasteiger partial charge >= 0.3 is 7.12 Å². The van der Waals surface area contributed by atoms with Crippen LogP contribution in [0.4, 0.5) is 0 Å². The fourth-order valence-electron chi connectivity index (χ4n) is 3.64. The second-order valence-electron chi connectivity index (χ2n) is 8.28. The first-order valence-electron chi connectivity index (χ1n) is 9.31. The maximum Gasteiger partial charge on any atom is 0.463 e. The van der Waals surface area contributed by atoms with Crippen LogP contribution in [0.5, 0.6) is 0 Å². The molecule has 0 N–H and O–H groups in total. The van der Waals surface area contributed by atoms with Gasteiger partial charge in [0, 0.05) is 18.9 Å². The van der Waals surface area contributed by atoms with Crippen molar-refractivity contribution in [3.05, 3.63) is 35.9 Å². The molecule has 1 aromatic carbocycles. The zero-order valence-electron chi connectivity index (χ0n) is 16.1. The van der Waals surface area contributed by atoms with Gasteiger partial charge in [-0.1, -0.05) is 30.3 Å². The highest BCUT2D eigenvalue weighted by molar-refractivity contribution is 6.47. The second-order valence-corrected chi connectivity index (χ2v) is 8.28. The van der Waals surface area contributed by atoms with Gasteiger partial charge in [-0.25, -0.2) is 0 Å². The molecular weight excluding hydrogens is 327 g/mol. The van der Waals surface area contributed by atoms with Crippen LogP contribution in [0.1, 0.15) is 52.0 Å². The molecule has 1 aromatic rings. The highest BCUT2D eigenvalue weighted by atomic mass is 16.7. The largest absolute Gasteiger partial charge is 0.463 e. The van der Waals surface area contributed by atoms with E-state index in [1.165, 1.54) is 0 Å². The van der Waals surface area contributed by atoms with Crippen LogP contribution in [0.2, 0.25) is 5.82 Å². The summed E-state index contributed by atoms with van der Waals surface area (Å²) in [5.41, 5.74) is 0.184. The highest BCUT2D eigenvalue weighted by Gasteiger charge is 2.54. The van der Waals surface area contributed by atoms with Crippen molar-refractivity contribution in [2.24, 2.45) is 0 Å². The van der Waals surface area contributed by atoms with Crippen LogP contribution in [0.15, 0.2) is 30.3 Å². The molecule has 3 rings (SSSR count). The summed E-state index contributed by atoms with van der Waals surface area (Å²) >= 11 is 0. The van der Waals surface area contributed by atoms with Gasteiger partial charge in [0.15, 0.2) is 0 Å². The molecule has 2 atom stereocenters. The van der Waals surface area contributed by atoms with Crippen LogP contribution in [-0.2, 0) is 14.1 Å². The molecule has 26 heavy (non-hydrogen) atoms. The molecule has 0 spiro atoms. The van der Waals surface area contributed by atoms with Crippen molar-refractivity contribution in [2.45, 2.75) is 63.5 Å². The Morgan fingerprint density at radius 1 is 1.27 bits per heavy atom. The number of benzene rings is 1. The quantitative estimate of drug-likeness (QED) is 0.778. The zero-order valence-corrected chi connectivity index (χ0v) is 16.1. The maximum atomic E-state index is 13.0. The topological polar surface area (TPSA) is 62.6 Å². The SMILES string of the molecule is CC1(C)OB(C2CCN(C(=O)C(CC#N)c3ccccc3)C2)OC1(C)C. The Balaban J connectivity index is 1.68. The van der Waals surface area contributed by atoms with E-state index >= 15 is 0 Å². The summed E-state index contributed by atoms with van der Waals surface area (Å²) in [6, 6.07) is 11.7. The van der Waals surface area contributed by atoms with Crippen LogP contribution in [0.25, 0.3) is 0 Å². The fraction of sp³-hybridized carbons (Fsp3) is 0.600. The lowest BCUT2D eigenvalue weighted by molar-refractivity contribution is -0.131. The standard InChI is InChI=1S/C20H27BN2O3/c1-19(2)20(3,4)26-21(25-19)16-11-13-23(14-16)18(24)17(10-12-22)15-8-6-5-7-9-15/h5-9,16-17H,10-11,13-14H2,1-4H3. The Morgan fingerprint density at radius 3 is 2.46 bits per heavy atom. The monoisotopic (exact) mass is 354 g/mol. The Kier molecular flexibility index (Phi) is 5.14. The number of amides is 1. The zero-order chi connectivity index (χ0) is 18.9. The van der Waals surface area contributed by atoms with Crippen LogP contribution >= 0.6 is 0 Å². The van der Waals surface area contributed by atoms with Crippen molar-refractivity contribution in [1.29, 1.82) is 5.26 Å². The van der Waals surface area contributed by atoms with Gasteiger partial charge in [-0.2, -0.15) is 5.26 Å². The molecular formula is C20H27BN2O3. The molecule has 0 aliphatic carbocycles. The summed E-state index contributed by atoms with van der Waals surface area (Å²) in [5, 5.41) is 9.17. The third-order valence-corrected chi connectivity index (χ3v) is 5.99. The summed E-state index contributed by atoms with van der Waals surface area (Å²) in [6.07, 6.45) is 1.05. The van der Waals surface area contributed by atoms with Crippen molar-refractivity contribution in [3.8, 4) is 6.07 Å².